The average Bonchev–Trinajstić information content (AvgIpc) is 2.64. The van der Waals surface area contributed by atoms with Crippen LogP contribution in [0.1, 0.15) is 17.5 Å². The van der Waals surface area contributed by atoms with Crippen LogP contribution in [-0.4, -0.2) is 38.7 Å². The number of nitrogens with one attached hydrogen (secondary N) is 1. The van der Waals surface area contributed by atoms with Gasteiger partial charge in [0.1, 0.15) is 0 Å². The van der Waals surface area contributed by atoms with E-state index in [-0.39, 0.29) is 6.03 Å². The number of amides is 2. The molecule has 0 aromatic heterocycles. The number of hydrogen-bond donors (Lipinski definition) is 1. The fourth-order valence-electron chi connectivity index (χ4n) is 2.55. The highest BCUT2D eigenvalue weighted by Crippen LogP contribution is 2.28. The number of halogens is 1. The van der Waals surface area contributed by atoms with Crippen LogP contribution >= 0.6 is 11.6 Å². The molecule has 2 rings (SSSR count). The molecule has 5 nitrogen and oxygen atoms in total. The van der Waals surface area contributed by atoms with Crippen molar-refractivity contribution in [2.75, 3.05) is 33.1 Å². The van der Waals surface area contributed by atoms with Crippen molar-refractivity contribution in [2.45, 2.75) is 19.8 Å². The number of rotatable bonds is 7. The van der Waals surface area contributed by atoms with E-state index in [1.807, 2.05) is 37.3 Å². The average molecular weight is 377 g/mol. The largest absolute Gasteiger partial charge is 0.493 e. The van der Waals surface area contributed by atoms with Crippen molar-refractivity contribution >= 4 is 23.3 Å². The lowest BCUT2D eigenvalue weighted by molar-refractivity contribution is 0.222. The van der Waals surface area contributed by atoms with Gasteiger partial charge in [0.15, 0.2) is 11.5 Å². The Hall–Kier alpha value is -2.40. The Morgan fingerprint density at radius 3 is 2.50 bits per heavy atom. The predicted molar refractivity (Wildman–Crippen MR) is 106 cm³/mol. The minimum Gasteiger partial charge on any atom is -0.493 e. The standard InChI is InChI=1S/C20H25ClN2O3/c1-14-7-9-16(13-17(14)21)22-20(24)23(2)11-5-6-15-8-10-18(25-3)19(12-15)26-4/h7-10,12-13H,5-6,11H2,1-4H3,(H,22,24). The third-order valence-corrected chi connectivity index (χ3v) is 4.58. The van der Waals surface area contributed by atoms with Crippen LogP contribution in [0.2, 0.25) is 5.02 Å². The molecule has 0 aliphatic heterocycles. The van der Waals surface area contributed by atoms with E-state index in [4.69, 9.17) is 21.1 Å². The normalized spacial score (nSPS) is 10.3. The Balaban J connectivity index is 1.85. The lowest BCUT2D eigenvalue weighted by Gasteiger charge is -2.18. The first-order chi connectivity index (χ1) is 12.4. The van der Waals surface area contributed by atoms with Crippen LogP contribution in [0.25, 0.3) is 0 Å². The molecule has 0 heterocycles. The van der Waals surface area contributed by atoms with Gasteiger partial charge in [-0.05, 0) is 55.2 Å². The molecule has 26 heavy (non-hydrogen) atoms. The minimum absolute atomic E-state index is 0.155. The van der Waals surface area contributed by atoms with Crippen molar-refractivity contribution in [1.82, 2.24) is 4.90 Å². The van der Waals surface area contributed by atoms with Crippen molar-refractivity contribution in [1.29, 1.82) is 0 Å². The number of aryl methyl sites for hydroxylation is 2. The van der Waals surface area contributed by atoms with Crippen molar-refractivity contribution in [3.05, 3.63) is 52.5 Å². The maximum atomic E-state index is 12.3. The second kappa shape index (κ2) is 9.34. The summed E-state index contributed by atoms with van der Waals surface area (Å²) in [6.07, 6.45) is 1.68. The van der Waals surface area contributed by atoms with Gasteiger partial charge in [-0.3, -0.25) is 0 Å². The van der Waals surface area contributed by atoms with E-state index in [1.165, 1.54) is 0 Å². The number of carbonyl (C=O) groups is 1. The van der Waals surface area contributed by atoms with Crippen molar-refractivity contribution < 1.29 is 14.3 Å². The van der Waals surface area contributed by atoms with Gasteiger partial charge in [0.2, 0.25) is 0 Å². The van der Waals surface area contributed by atoms with Crippen LogP contribution in [0.4, 0.5) is 10.5 Å². The van der Waals surface area contributed by atoms with Gasteiger partial charge in [0.05, 0.1) is 14.2 Å². The summed E-state index contributed by atoms with van der Waals surface area (Å²) in [5.41, 5.74) is 2.81. The highest BCUT2D eigenvalue weighted by molar-refractivity contribution is 6.31. The van der Waals surface area contributed by atoms with Gasteiger partial charge >= 0.3 is 6.03 Å². The summed E-state index contributed by atoms with van der Waals surface area (Å²) in [7, 11) is 5.02. The smallest absolute Gasteiger partial charge is 0.321 e. The number of methoxy groups -OCH3 is 2. The van der Waals surface area contributed by atoms with Crippen LogP contribution < -0.4 is 14.8 Å². The molecule has 1 N–H and O–H groups in total. The maximum absolute atomic E-state index is 12.3. The van der Waals surface area contributed by atoms with Crippen molar-refractivity contribution in [3.63, 3.8) is 0 Å². The predicted octanol–water partition coefficient (Wildman–Crippen LogP) is 4.76. The van der Waals surface area contributed by atoms with Gasteiger partial charge in [0, 0.05) is 24.3 Å². The number of ether oxygens (including phenoxy) is 2. The molecule has 0 spiro atoms. The van der Waals surface area contributed by atoms with E-state index in [0.717, 1.165) is 24.0 Å². The second-order valence-corrected chi connectivity index (χ2v) is 6.52. The molecular formula is C20H25ClN2O3. The lowest BCUT2D eigenvalue weighted by Crippen LogP contribution is -2.32. The van der Waals surface area contributed by atoms with Crippen LogP contribution in [0, 0.1) is 6.92 Å². The minimum atomic E-state index is -0.155. The molecule has 2 aromatic carbocycles. The van der Waals surface area contributed by atoms with Crippen LogP contribution in [0.15, 0.2) is 36.4 Å². The Morgan fingerprint density at radius 2 is 1.85 bits per heavy atom. The molecule has 2 aromatic rings. The molecule has 0 atom stereocenters. The summed E-state index contributed by atoms with van der Waals surface area (Å²) in [5.74, 6) is 1.43. The van der Waals surface area contributed by atoms with Gasteiger partial charge in [-0.15, -0.1) is 0 Å². The number of benzene rings is 2. The first-order valence-electron chi connectivity index (χ1n) is 8.43. The first-order valence-corrected chi connectivity index (χ1v) is 8.81. The van der Waals surface area contributed by atoms with Crippen molar-refractivity contribution in [2.24, 2.45) is 0 Å². The van der Waals surface area contributed by atoms with Crippen LogP contribution in [0.3, 0.4) is 0 Å². The van der Waals surface area contributed by atoms with E-state index in [9.17, 15) is 4.79 Å². The zero-order valence-corrected chi connectivity index (χ0v) is 16.4. The van der Waals surface area contributed by atoms with Crippen LogP contribution in [0.5, 0.6) is 11.5 Å². The molecule has 0 aliphatic carbocycles. The van der Waals surface area contributed by atoms with Gasteiger partial charge in [-0.1, -0.05) is 23.7 Å². The Labute approximate surface area is 159 Å². The number of hydrogen-bond acceptors (Lipinski definition) is 3. The quantitative estimate of drug-likeness (QED) is 0.757. The third-order valence-electron chi connectivity index (χ3n) is 4.18. The summed E-state index contributed by atoms with van der Waals surface area (Å²) in [6.45, 7) is 2.56. The zero-order chi connectivity index (χ0) is 19.1. The van der Waals surface area contributed by atoms with E-state index >= 15 is 0 Å². The second-order valence-electron chi connectivity index (χ2n) is 6.11. The summed E-state index contributed by atoms with van der Waals surface area (Å²) >= 11 is 6.09. The first kappa shape index (κ1) is 19.9. The maximum Gasteiger partial charge on any atom is 0.321 e. The fraction of sp³-hybridized carbons (Fsp3) is 0.350. The summed E-state index contributed by atoms with van der Waals surface area (Å²) in [4.78, 5) is 13.9. The summed E-state index contributed by atoms with van der Waals surface area (Å²) in [5, 5.41) is 3.50. The number of urea groups is 1. The molecule has 6 heteroatoms. The van der Waals surface area contributed by atoms with Gasteiger partial charge in [0.25, 0.3) is 0 Å². The molecule has 0 saturated heterocycles. The number of nitrogens with zero attached hydrogens (tertiary/aromatic N) is 1. The lowest BCUT2D eigenvalue weighted by atomic mass is 10.1. The third kappa shape index (κ3) is 5.30. The highest BCUT2D eigenvalue weighted by Gasteiger charge is 2.10. The van der Waals surface area contributed by atoms with E-state index in [1.54, 1.807) is 32.2 Å². The zero-order valence-electron chi connectivity index (χ0n) is 15.6. The summed E-state index contributed by atoms with van der Waals surface area (Å²) in [6, 6.07) is 11.2. The Morgan fingerprint density at radius 1 is 1.12 bits per heavy atom. The van der Waals surface area contributed by atoms with E-state index < -0.39 is 0 Å². The van der Waals surface area contributed by atoms with Crippen LogP contribution in [-0.2, 0) is 6.42 Å². The monoisotopic (exact) mass is 376 g/mol. The van der Waals surface area contributed by atoms with Gasteiger partial charge in [-0.2, -0.15) is 0 Å². The topological polar surface area (TPSA) is 50.8 Å². The molecule has 0 saturated carbocycles. The highest BCUT2D eigenvalue weighted by atomic mass is 35.5. The fourth-order valence-corrected chi connectivity index (χ4v) is 2.73. The molecule has 0 unspecified atom stereocenters. The van der Waals surface area contributed by atoms with Crippen molar-refractivity contribution in [3.8, 4) is 11.5 Å². The Bertz CT molecular complexity index is 765. The molecule has 2 amide bonds. The van der Waals surface area contributed by atoms with Gasteiger partial charge < -0.3 is 19.7 Å². The Kier molecular flexibility index (Phi) is 7.16. The number of carbonyl (C=O) groups excluding carboxylic acids is 1. The van der Waals surface area contributed by atoms with E-state index in [2.05, 4.69) is 5.32 Å². The summed E-state index contributed by atoms with van der Waals surface area (Å²) < 4.78 is 10.6. The molecule has 0 aliphatic rings. The molecule has 0 radical (unpaired) electrons. The number of anilines is 1. The van der Waals surface area contributed by atoms with E-state index in [0.29, 0.717) is 28.8 Å². The molecule has 140 valence electrons. The molecular weight excluding hydrogens is 352 g/mol. The van der Waals surface area contributed by atoms with Gasteiger partial charge in [-0.25, -0.2) is 4.79 Å². The molecule has 0 bridgehead atoms. The SMILES string of the molecule is COc1ccc(CCCN(C)C(=O)Nc2ccc(C)c(Cl)c2)cc1OC. The molecule has 0 fully saturated rings.